The summed E-state index contributed by atoms with van der Waals surface area (Å²) in [6.45, 7) is 6.61. The highest BCUT2D eigenvalue weighted by Gasteiger charge is 2.23. The molecule has 206 valence electrons. The molecule has 0 radical (unpaired) electrons. The number of benzene rings is 1. The van der Waals surface area contributed by atoms with Gasteiger partial charge in [-0.3, -0.25) is 19.2 Å². The quantitative estimate of drug-likeness (QED) is 0.169. The second kappa shape index (κ2) is 16.1. The maximum Gasteiger partial charge on any atom is 0.408 e. The molecule has 2 atom stereocenters. The Morgan fingerprint density at radius 3 is 2.08 bits per heavy atom. The largest absolute Gasteiger partial charge is 0.444 e. The van der Waals surface area contributed by atoms with Crippen LogP contribution in [0.1, 0.15) is 39.3 Å². The van der Waals surface area contributed by atoms with E-state index in [4.69, 9.17) is 15.2 Å². The Morgan fingerprint density at radius 2 is 1.46 bits per heavy atom. The molecule has 0 saturated heterocycles. The molecule has 0 aliphatic heterocycles. The van der Waals surface area contributed by atoms with E-state index >= 15 is 0 Å². The number of hydrogen-bond acceptors (Lipinski definition) is 8. The predicted octanol–water partition coefficient (Wildman–Crippen LogP) is -0.919. The fourth-order valence-corrected chi connectivity index (χ4v) is 2.73. The van der Waals surface area contributed by atoms with E-state index in [1.54, 1.807) is 58.0 Å². The second-order valence-corrected chi connectivity index (χ2v) is 9.16. The molecular formula is C24H38N6O7. The van der Waals surface area contributed by atoms with Gasteiger partial charge in [0.15, 0.2) is 0 Å². The number of nitrogens with one attached hydrogen (secondary N) is 5. The highest BCUT2D eigenvalue weighted by Crippen LogP contribution is 2.12. The smallest absolute Gasteiger partial charge is 0.408 e. The fourth-order valence-electron chi connectivity index (χ4n) is 2.73. The van der Waals surface area contributed by atoms with Gasteiger partial charge in [-0.2, -0.15) is 0 Å². The molecule has 0 fully saturated rings. The van der Waals surface area contributed by atoms with E-state index in [2.05, 4.69) is 26.6 Å². The predicted molar refractivity (Wildman–Crippen MR) is 135 cm³/mol. The lowest BCUT2D eigenvalue weighted by molar-refractivity contribution is -0.131. The Kier molecular flexibility index (Phi) is 13.6. The monoisotopic (exact) mass is 522 g/mol. The molecule has 0 spiro atoms. The minimum Gasteiger partial charge on any atom is -0.444 e. The molecule has 5 amide bonds. The van der Waals surface area contributed by atoms with E-state index < -0.39 is 54.5 Å². The second-order valence-electron chi connectivity index (χ2n) is 9.16. The van der Waals surface area contributed by atoms with Crippen LogP contribution in [0, 0.1) is 0 Å². The molecule has 1 aromatic rings. The summed E-state index contributed by atoms with van der Waals surface area (Å²) in [5.74, 6) is -2.31. The van der Waals surface area contributed by atoms with Crippen LogP contribution in [0.3, 0.4) is 0 Å². The average Bonchev–Trinajstić information content (AvgIpc) is 2.82. The number of hydrogen-bond donors (Lipinski definition) is 6. The first-order valence-electron chi connectivity index (χ1n) is 11.8. The van der Waals surface area contributed by atoms with E-state index in [1.165, 1.54) is 0 Å². The molecule has 1 aromatic carbocycles. The third kappa shape index (κ3) is 15.1. The molecular weight excluding hydrogens is 484 g/mol. The zero-order chi connectivity index (χ0) is 27.8. The van der Waals surface area contributed by atoms with Crippen LogP contribution in [0.5, 0.6) is 0 Å². The van der Waals surface area contributed by atoms with E-state index in [1.807, 2.05) is 0 Å². The summed E-state index contributed by atoms with van der Waals surface area (Å²) >= 11 is 0. The third-order valence-corrected chi connectivity index (χ3v) is 4.31. The maximum absolute atomic E-state index is 12.8. The first-order chi connectivity index (χ1) is 17.4. The van der Waals surface area contributed by atoms with Gasteiger partial charge in [0.05, 0.1) is 26.3 Å². The maximum atomic E-state index is 12.8. The van der Waals surface area contributed by atoms with Crippen LogP contribution >= 0.6 is 0 Å². The van der Waals surface area contributed by atoms with E-state index in [-0.39, 0.29) is 25.7 Å². The fraction of sp³-hybridized carbons (Fsp3) is 0.542. The van der Waals surface area contributed by atoms with Crippen molar-refractivity contribution in [1.29, 1.82) is 0 Å². The minimum atomic E-state index is -1.10. The zero-order valence-electron chi connectivity index (χ0n) is 21.7. The molecule has 13 heteroatoms. The SMILES string of the molecule is CC(N)COCCNC(=O)CNC(=O)[C@@H](NC(=O)CNC(=O)CNC(=O)OC(C)(C)C)c1ccccc1. The topological polar surface area (TPSA) is 190 Å². The number of carbonyl (C=O) groups excluding carboxylic acids is 5. The van der Waals surface area contributed by atoms with Gasteiger partial charge in [0.1, 0.15) is 18.2 Å². The number of amides is 5. The first kappa shape index (κ1) is 31.3. The van der Waals surface area contributed by atoms with Gasteiger partial charge in [-0.15, -0.1) is 0 Å². The highest BCUT2D eigenvalue weighted by molar-refractivity contribution is 5.93. The van der Waals surface area contributed by atoms with Gasteiger partial charge in [-0.25, -0.2) is 4.79 Å². The van der Waals surface area contributed by atoms with Gasteiger partial charge >= 0.3 is 6.09 Å². The van der Waals surface area contributed by atoms with Crippen molar-refractivity contribution in [3.8, 4) is 0 Å². The van der Waals surface area contributed by atoms with Crippen molar-refractivity contribution in [2.45, 2.75) is 45.4 Å². The minimum absolute atomic E-state index is 0.109. The molecule has 7 N–H and O–H groups in total. The van der Waals surface area contributed by atoms with Crippen molar-refractivity contribution < 1.29 is 33.4 Å². The van der Waals surface area contributed by atoms with Gasteiger partial charge in [0.2, 0.25) is 23.6 Å². The van der Waals surface area contributed by atoms with Crippen LogP contribution < -0.4 is 32.3 Å². The van der Waals surface area contributed by atoms with Gasteiger partial charge in [0, 0.05) is 12.6 Å². The molecule has 0 aliphatic rings. The Morgan fingerprint density at radius 1 is 0.865 bits per heavy atom. The number of rotatable bonds is 14. The standard InChI is InChI=1S/C24H38N6O7/c1-16(25)15-36-11-10-26-18(31)12-28-22(34)21(17-8-6-5-7-9-17)30-20(33)14-27-19(32)13-29-23(35)37-24(2,3)4/h5-9,16,21H,10-15,25H2,1-4H3,(H,26,31)(H,27,32)(H,28,34)(H,29,35)(H,30,33)/t16?,21-/m0/s1. The van der Waals surface area contributed by atoms with Crippen molar-refractivity contribution in [1.82, 2.24) is 26.6 Å². The normalized spacial score (nSPS) is 12.5. The van der Waals surface area contributed by atoms with Crippen molar-refractivity contribution in [2.75, 3.05) is 39.4 Å². The van der Waals surface area contributed by atoms with E-state index in [9.17, 15) is 24.0 Å². The van der Waals surface area contributed by atoms with Crippen LogP contribution in [0.2, 0.25) is 0 Å². The molecule has 0 aromatic heterocycles. The molecule has 1 rings (SSSR count). The van der Waals surface area contributed by atoms with Gasteiger partial charge in [0.25, 0.3) is 0 Å². The molecule has 1 unspecified atom stereocenters. The van der Waals surface area contributed by atoms with Crippen molar-refractivity contribution >= 4 is 29.7 Å². The summed E-state index contributed by atoms with van der Waals surface area (Å²) in [7, 11) is 0. The number of ether oxygens (including phenoxy) is 2. The van der Waals surface area contributed by atoms with Crippen LogP contribution in [-0.4, -0.2) is 80.8 Å². The van der Waals surface area contributed by atoms with Crippen molar-refractivity contribution in [2.24, 2.45) is 5.73 Å². The summed E-state index contributed by atoms with van der Waals surface area (Å²) in [6.07, 6.45) is -0.769. The van der Waals surface area contributed by atoms with Crippen molar-refractivity contribution in [3.05, 3.63) is 35.9 Å². The molecule has 0 saturated carbocycles. The first-order valence-corrected chi connectivity index (χ1v) is 11.8. The third-order valence-electron chi connectivity index (χ3n) is 4.31. The summed E-state index contributed by atoms with van der Waals surface area (Å²) in [6, 6.07) is 7.21. The molecule has 0 heterocycles. The summed E-state index contributed by atoms with van der Waals surface area (Å²) in [5.41, 5.74) is 5.34. The van der Waals surface area contributed by atoms with Gasteiger partial charge in [-0.05, 0) is 33.3 Å². The Hall–Kier alpha value is -3.71. The Labute approximate surface area is 216 Å². The van der Waals surface area contributed by atoms with E-state index in [0.29, 0.717) is 12.2 Å². The van der Waals surface area contributed by atoms with Gasteiger partial charge in [-0.1, -0.05) is 30.3 Å². The van der Waals surface area contributed by atoms with Crippen molar-refractivity contribution in [3.63, 3.8) is 0 Å². The zero-order valence-corrected chi connectivity index (χ0v) is 21.7. The Balaban J connectivity index is 2.53. The summed E-state index contributed by atoms with van der Waals surface area (Å²) < 4.78 is 10.3. The number of alkyl carbamates (subject to hydrolysis) is 1. The number of nitrogens with two attached hydrogens (primary N) is 1. The lowest BCUT2D eigenvalue weighted by Crippen LogP contribution is -2.47. The lowest BCUT2D eigenvalue weighted by Gasteiger charge is -2.20. The van der Waals surface area contributed by atoms with Gasteiger partial charge < -0.3 is 41.8 Å². The van der Waals surface area contributed by atoms with Crippen LogP contribution in [-0.2, 0) is 28.7 Å². The van der Waals surface area contributed by atoms with Crippen LogP contribution in [0.4, 0.5) is 4.79 Å². The lowest BCUT2D eigenvalue weighted by atomic mass is 10.1. The summed E-state index contributed by atoms with van der Waals surface area (Å²) in [5, 5.41) is 12.3. The van der Waals surface area contributed by atoms with Crippen LogP contribution in [0.25, 0.3) is 0 Å². The molecule has 0 aliphatic carbocycles. The van der Waals surface area contributed by atoms with Crippen LogP contribution in [0.15, 0.2) is 30.3 Å². The molecule has 13 nitrogen and oxygen atoms in total. The summed E-state index contributed by atoms with van der Waals surface area (Å²) in [4.78, 5) is 60.8. The Bertz CT molecular complexity index is 903. The van der Waals surface area contributed by atoms with E-state index in [0.717, 1.165) is 0 Å². The average molecular weight is 523 g/mol. The molecule has 37 heavy (non-hydrogen) atoms. The number of carbonyl (C=O) groups is 5. The molecule has 0 bridgehead atoms. The highest BCUT2D eigenvalue weighted by atomic mass is 16.6.